The number of hydrogen-bond acceptors (Lipinski definition) is 4. The van der Waals surface area contributed by atoms with Gasteiger partial charge in [0.1, 0.15) is 5.75 Å². The van der Waals surface area contributed by atoms with Crippen molar-refractivity contribution in [3.05, 3.63) is 42.0 Å². The Morgan fingerprint density at radius 1 is 1.43 bits per heavy atom. The molecule has 0 aromatic heterocycles. The van der Waals surface area contributed by atoms with E-state index in [-0.39, 0.29) is 5.91 Å². The number of carbonyl (C=O) groups is 1. The summed E-state index contributed by atoms with van der Waals surface area (Å²) in [7, 11) is 0. The standard InChI is InChI=1S/C16H20N2O3/c1-12(2)11-20-9-8-18-16(19)13(3)21-15-6-4-14(10-17)5-7-15/h4-7,13H,1,8-9,11H2,2-3H3,(H,18,19). The van der Waals surface area contributed by atoms with E-state index in [0.29, 0.717) is 31.1 Å². The second-order valence-corrected chi connectivity index (χ2v) is 4.70. The minimum absolute atomic E-state index is 0.210. The number of carbonyl (C=O) groups excluding carboxylic acids is 1. The molecule has 0 spiro atoms. The van der Waals surface area contributed by atoms with E-state index in [0.717, 1.165) is 5.57 Å². The first kappa shape index (κ1) is 16.7. The van der Waals surface area contributed by atoms with Crippen LogP contribution in [0, 0.1) is 11.3 Å². The van der Waals surface area contributed by atoms with Gasteiger partial charge in [-0.3, -0.25) is 4.79 Å². The molecule has 1 rings (SSSR count). The van der Waals surface area contributed by atoms with Gasteiger partial charge in [0.25, 0.3) is 5.91 Å². The van der Waals surface area contributed by atoms with Gasteiger partial charge in [0, 0.05) is 6.54 Å². The van der Waals surface area contributed by atoms with Crippen molar-refractivity contribution in [2.75, 3.05) is 19.8 Å². The van der Waals surface area contributed by atoms with Crippen LogP contribution in [0.15, 0.2) is 36.4 Å². The zero-order valence-electron chi connectivity index (χ0n) is 12.4. The molecule has 0 radical (unpaired) electrons. The third kappa shape index (κ3) is 6.59. The molecule has 1 atom stereocenters. The van der Waals surface area contributed by atoms with Crippen LogP contribution in [0.1, 0.15) is 19.4 Å². The summed E-state index contributed by atoms with van der Waals surface area (Å²) in [5, 5.41) is 11.4. The molecule has 5 heteroatoms. The summed E-state index contributed by atoms with van der Waals surface area (Å²) in [5.41, 5.74) is 1.49. The fourth-order valence-electron chi connectivity index (χ4n) is 1.50. The average Bonchev–Trinajstić information content (AvgIpc) is 2.47. The Bertz CT molecular complexity index is 517. The highest BCUT2D eigenvalue weighted by molar-refractivity contribution is 5.80. The molecule has 112 valence electrons. The van der Waals surface area contributed by atoms with Crippen molar-refractivity contribution in [3.63, 3.8) is 0 Å². The Balaban J connectivity index is 2.30. The molecule has 0 saturated heterocycles. The molecule has 0 bridgehead atoms. The molecule has 1 N–H and O–H groups in total. The van der Waals surface area contributed by atoms with Crippen molar-refractivity contribution in [2.45, 2.75) is 20.0 Å². The first-order chi connectivity index (χ1) is 10.0. The van der Waals surface area contributed by atoms with Crippen LogP contribution in [0.25, 0.3) is 0 Å². The maximum Gasteiger partial charge on any atom is 0.260 e. The molecule has 1 unspecified atom stereocenters. The highest BCUT2D eigenvalue weighted by Gasteiger charge is 2.13. The monoisotopic (exact) mass is 288 g/mol. The van der Waals surface area contributed by atoms with Gasteiger partial charge < -0.3 is 14.8 Å². The Morgan fingerprint density at radius 3 is 2.67 bits per heavy atom. The molecule has 1 aromatic carbocycles. The number of nitrogens with zero attached hydrogens (tertiary/aromatic N) is 1. The Kier molecular flexibility index (Phi) is 6.99. The maximum absolute atomic E-state index is 11.8. The average molecular weight is 288 g/mol. The topological polar surface area (TPSA) is 71.3 Å². The van der Waals surface area contributed by atoms with E-state index < -0.39 is 6.10 Å². The highest BCUT2D eigenvalue weighted by Crippen LogP contribution is 2.13. The van der Waals surface area contributed by atoms with Crippen LogP contribution < -0.4 is 10.1 Å². The van der Waals surface area contributed by atoms with E-state index in [1.54, 1.807) is 31.2 Å². The molecular formula is C16H20N2O3. The van der Waals surface area contributed by atoms with Crippen molar-refractivity contribution < 1.29 is 14.3 Å². The summed E-state index contributed by atoms with van der Waals surface area (Å²) in [4.78, 5) is 11.8. The normalized spacial score (nSPS) is 11.3. The van der Waals surface area contributed by atoms with Crippen molar-refractivity contribution in [3.8, 4) is 11.8 Å². The summed E-state index contributed by atoms with van der Waals surface area (Å²) in [6, 6.07) is 8.64. The van der Waals surface area contributed by atoms with Crippen LogP contribution in [0.4, 0.5) is 0 Å². The molecule has 1 amide bonds. The van der Waals surface area contributed by atoms with E-state index in [1.165, 1.54) is 0 Å². The molecule has 0 aliphatic carbocycles. The third-order valence-corrected chi connectivity index (χ3v) is 2.56. The summed E-state index contributed by atoms with van der Waals surface area (Å²) in [6.07, 6.45) is -0.612. The highest BCUT2D eigenvalue weighted by atomic mass is 16.5. The lowest BCUT2D eigenvalue weighted by Crippen LogP contribution is -2.38. The Labute approximate surface area is 125 Å². The van der Waals surface area contributed by atoms with Crippen LogP contribution in [0.5, 0.6) is 5.75 Å². The van der Waals surface area contributed by atoms with Gasteiger partial charge in [-0.25, -0.2) is 0 Å². The van der Waals surface area contributed by atoms with Crippen molar-refractivity contribution in [1.82, 2.24) is 5.32 Å². The minimum Gasteiger partial charge on any atom is -0.481 e. The molecule has 5 nitrogen and oxygen atoms in total. The van der Waals surface area contributed by atoms with Crippen LogP contribution in [0.3, 0.4) is 0 Å². The van der Waals surface area contributed by atoms with Gasteiger partial charge in [0.15, 0.2) is 6.10 Å². The van der Waals surface area contributed by atoms with Crippen LogP contribution in [-0.2, 0) is 9.53 Å². The smallest absolute Gasteiger partial charge is 0.260 e. The Morgan fingerprint density at radius 2 is 2.10 bits per heavy atom. The second-order valence-electron chi connectivity index (χ2n) is 4.70. The van der Waals surface area contributed by atoms with Crippen molar-refractivity contribution in [1.29, 1.82) is 5.26 Å². The van der Waals surface area contributed by atoms with Crippen molar-refractivity contribution >= 4 is 5.91 Å². The third-order valence-electron chi connectivity index (χ3n) is 2.56. The Hall–Kier alpha value is -2.32. The number of ether oxygens (including phenoxy) is 2. The van der Waals surface area contributed by atoms with E-state index in [1.807, 2.05) is 13.0 Å². The summed E-state index contributed by atoms with van der Waals surface area (Å²) in [5.74, 6) is 0.341. The second kappa shape index (κ2) is 8.77. The number of hydrogen-bond donors (Lipinski definition) is 1. The van der Waals surface area contributed by atoms with Gasteiger partial charge in [-0.1, -0.05) is 12.2 Å². The maximum atomic E-state index is 11.8. The molecule has 0 aliphatic heterocycles. The summed E-state index contributed by atoms with van der Waals surface area (Å²) in [6.45, 7) is 8.62. The van der Waals surface area contributed by atoms with Gasteiger partial charge in [0.2, 0.25) is 0 Å². The molecule has 0 fully saturated rings. The largest absolute Gasteiger partial charge is 0.481 e. The fraction of sp³-hybridized carbons (Fsp3) is 0.375. The first-order valence-corrected chi connectivity index (χ1v) is 6.69. The van der Waals surface area contributed by atoms with E-state index >= 15 is 0 Å². The molecule has 1 aromatic rings. The molecule has 21 heavy (non-hydrogen) atoms. The predicted octanol–water partition coefficient (Wildman–Crippen LogP) is 2.03. The van der Waals surface area contributed by atoms with E-state index in [2.05, 4.69) is 11.9 Å². The zero-order chi connectivity index (χ0) is 15.7. The summed E-state index contributed by atoms with van der Waals surface area (Å²) >= 11 is 0. The van der Waals surface area contributed by atoms with Gasteiger partial charge >= 0.3 is 0 Å². The van der Waals surface area contributed by atoms with Gasteiger partial charge in [-0.15, -0.1) is 0 Å². The lowest BCUT2D eigenvalue weighted by atomic mass is 10.2. The first-order valence-electron chi connectivity index (χ1n) is 6.69. The molecule has 0 saturated carbocycles. The van der Waals surface area contributed by atoms with Crippen LogP contribution in [-0.4, -0.2) is 31.8 Å². The number of amides is 1. The van der Waals surface area contributed by atoms with Gasteiger partial charge in [-0.05, 0) is 38.1 Å². The van der Waals surface area contributed by atoms with Crippen LogP contribution in [0.2, 0.25) is 0 Å². The lowest BCUT2D eigenvalue weighted by Gasteiger charge is -2.14. The van der Waals surface area contributed by atoms with Gasteiger partial charge in [-0.2, -0.15) is 5.26 Å². The molecule has 0 heterocycles. The zero-order valence-corrected chi connectivity index (χ0v) is 12.4. The minimum atomic E-state index is -0.612. The van der Waals surface area contributed by atoms with Crippen LogP contribution >= 0.6 is 0 Å². The number of benzene rings is 1. The summed E-state index contributed by atoms with van der Waals surface area (Å²) < 4.78 is 10.8. The predicted molar refractivity (Wildman–Crippen MR) is 79.9 cm³/mol. The molecular weight excluding hydrogens is 268 g/mol. The fourth-order valence-corrected chi connectivity index (χ4v) is 1.50. The van der Waals surface area contributed by atoms with E-state index in [4.69, 9.17) is 14.7 Å². The lowest BCUT2D eigenvalue weighted by molar-refractivity contribution is -0.127. The number of rotatable bonds is 8. The SMILES string of the molecule is C=C(C)COCCNC(=O)C(C)Oc1ccc(C#N)cc1. The number of nitriles is 1. The van der Waals surface area contributed by atoms with E-state index in [9.17, 15) is 4.79 Å². The molecule has 0 aliphatic rings. The quantitative estimate of drug-likeness (QED) is 0.587. The van der Waals surface area contributed by atoms with Crippen molar-refractivity contribution in [2.24, 2.45) is 0 Å². The number of nitrogens with one attached hydrogen (secondary N) is 1. The van der Waals surface area contributed by atoms with Gasteiger partial charge in [0.05, 0.1) is 24.8 Å².